The van der Waals surface area contributed by atoms with Crippen LogP contribution in [0.15, 0.2) is 60.8 Å². The van der Waals surface area contributed by atoms with E-state index in [9.17, 15) is 14.7 Å². The van der Waals surface area contributed by atoms with Gasteiger partial charge in [-0.3, -0.25) is 9.69 Å². The summed E-state index contributed by atoms with van der Waals surface area (Å²) in [4.78, 5) is 32.5. The molecule has 216 valence electrons. The predicted octanol–water partition coefficient (Wildman–Crippen LogP) is 5.08. The Kier molecular flexibility index (Phi) is 8.83. The molecule has 2 saturated heterocycles. The van der Waals surface area contributed by atoms with Crippen LogP contribution in [0.3, 0.4) is 0 Å². The zero-order valence-corrected chi connectivity index (χ0v) is 23.6. The Morgan fingerprint density at radius 1 is 1.05 bits per heavy atom. The number of amides is 2. The Balaban J connectivity index is 1.14. The Morgan fingerprint density at radius 2 is 1.76 bits per heavy atom. The summed E-state index contributed by atoms with van der Waals surface area (Å²) in [5.41, 5.74) is 4.28. The van der Waals surface area contributed by atoms with Crippen LogP contribution in [0.5, 0.6) is 5.88 Å². The third kappa shape index (κ3) is 7.21. The van der Waals surface area contributed by atoms with Crippen molar-refractivity contribution >= 4 is 12.0 Å². The van der Waals surface area contributed by atoms with E-state index in [-0.39, 0.29) is 24.0 Å². The van der Waals surface area contributed by atoms with E-state index in [0.29, 0.717) is 30.5 Å². The van der Waals surface area contributed by atoms with E-state index >= 15 is 4.39 Å². The average molecular weight is 561 g/mol. The minimum atomic E-state index is -1.31. The maximum Gasteiger partial charge on any atom is 0.405 e. The molecule has 0 unspecified atom stereocenters. The lowest BCUT2D eigenvalue weighted by Gasteiger charge is -2.38. The Morgan fingerprint density at radius 3 is 2.37 bits per heavy atom. The number of nitrogens with one attached hydrogen (secondary N) is 1. The van der Waals surface area contributed by atoms with Crippen LogP contribution in [0.1, 0.15) is 49.3 Å². The first-order valence-electron chi connectivity index (χ1n) is 14.3. The zero-order chi connectivity index (χ0) is 28.9. The van der Waals surface area contributed by atoms with Crippen LogP contribution in [0.4, 0.5) is 9.18 Å². The fourth-order valence-electron chi connectivity index (χ4n) is 5.40. The van der Waals surface area contributed by atoms with Crippen molar-refractivity contribution in [2.24, 2.45) is 0 Å². The standard InChI is InChI=1S/C32H37FN4O4/c1-21(2)23-7-5-22(6-8-23)18-36-19-27(20-36)41-30-12-11-26(17-34-30)24-9-10-25(28(33)15-24)16-29(35-32(39)40)31(38)37-13-3-4-14-37/h5-12,15,17,21,27,29,35H,3-4,13-14,16,18-20H2,1-2H3,(H,39,40)/t29-/m0/s1. The summed E-state index contributed by atoms with van der Waals surface area (Å²) in [6.07, 6.45) is 2.15. The van der Waals surface area contributed by atoms with Crippen molar-refractivity contribution in [3.05, 3.63) is 83.3 Å². The number of rotatable bonds is 10. The van der Waals surface area contributed by atoms with Gasteiger partial charge >= 0.3 is 6.09 Å². The smallest absolute Gasteiger partial charge is 0.405 e. The molecule has 1 aromatic heterocycles. The summed E-state index contributed by atoms with van der Waals surface area (Å²) in [7, 11) is 0. The van der Waals surface area contributed by atoms with Crippen molar-refractivity contribution in [1.29, 1.82) is 0 Å². The number of likely N-dealkylation sites (tertiary alicyclic amines) is 2. The number of carboxylic acid groups (broad SMARTS) is 1. The van der Waals surface area contributed by atoms with Crippen LogP contribution >= 0.6 is 0 Å². The number of carbonyl (C=O) groups excluding carboxylic acids is 1. The quantitative estimate of drug-likeness (QED) is 0.359. The zero-order valence-electron chi connectivity index (χ0n) is 23.6. The molecular weight excluding hydrogens is 523 g/mol. The molecule has 0 radical (unpaired) electrons. The van der Waals surface area contributed by atoms with Crippen LogP contribution < -0.4 is 10.1 Å². The normalized spacial score (nSPS) is 16.4. The third-order valence-electron chi connectivity index (χ3n) is 7.82. The molecule has 9 heteroatoms. The molecule has 0 saturated carbocycles. The molecule has 1 atom stereocenters. The second-order valence-corrected chi connectivity index (χ2v) is 11.3. The van der Waals surface area contributed by atoms with Crippen molar-refractivity contribution < 1.29 is 23.8 Å². The minimum absolute atomic E-state index is 0.0551. The summed E-state index contributed by atoms with van der Waals surface area (Å²) in [6, 6.07) is 16.1. The number of carbonyl (C=O) groups is 2. The first-order valence-corrected chi connectivity index (χ1v) is 14.3. The van der Waals surface area contributed by atoms with E-state index in [2.05, 4.69) is 53.3 Å². The molecule has 3 heterocycles. The van der Waals surface area contributed by atoms with Gasteiger partial charge in [0.25, 0.3) is 0 Å². The Hall–Kier alpha value is -3.98. The van der Waals surface area contributed by atoms with Gasteiger partial charge in [0.15, 0.2) is 0 Å². The van der Waals surface area contributed by atoms with E-state index in [0.717, 1.165) is 38.0 Å². The van der Waals surface area contributed by atoms with E-state index in [1.165, 1.54) is 17.2 Å². The number of hydrogen-bond donors (Lipinski definition) is 2. The summed E-state index contributed by atoms with van der Waals surface area (Å²) >= 11 is 0. The van der Waals surface area contributed by atoms with Crippen molar-refractivity contribution in [1.82, 2.24) is 20.1 Å². The van der Waals surface area contributed by atoms with Crippen LogP contribution in [-0.4, -0.2) is 70.2 Å². The lowest BCUT2D eigenvalue weighted by molar-refractivity contribution is -0.132. The Bertz CT molecular complexity index is 1350. The van der Waals surface area contributed by atoms with E-state index in [1.807, 2.05) is 6.07 Å². The fourth-order valence-corrected chi connectivity index (χ4v) is 5.40. The number of halogens is 1. The van der Waals surface area contributed by atoms with Gasteiger partial charge in [-0.05, 0) is 53.1 Å². The Labute approximate surface area is 240 Å². The highest BCUT2D eigenvalue weighted by atomic mass is 19.1. The monoisotopic (exact) mass is 560 g/mol. The molecule has 2 amide bonds. The number of benzene rings is 2. The SMILES string of the molecule is CC(C)c1ccc(CN2CC(Oc3ccc(-c4ccc(C[C@H](NC(=O)O)C(=O)N5CCCC5)c(F)c4)cn3)C2)cc1. The lowest BCUT2D eigenvalue weighted by Crippen LogP contribution is -2.53. The van der Waals surface area contributed by atoms with Gasteiger partial charge in [-0.2, -0.15) is 0 Å². The second kappa shape index (κ2) is 12.7. The largest absolute Gasteiger partial charge is 0.472 e. The predicted molar refractivity (Wildman–Crippen MR) is 154 cm³/mol. The maximum absolute atomic E-state index is 15.1. The molecule has 2 N–H and O–H groups in total. The molecule has 2 fully saturated rings. The van der Waals surface area contributed by atoms with Gasteiger partial charge in [-0.1, -0.05) is 50.2 Å². The number of hydrogen-bond acceptors (Lipinski definition) is 5. The van der Waals surface area contributed by atoms with E-state index < -0.39 is 18.0 Å². The fraction of sp³-hybridized carbons (Fsp3) is 0.406. The van der Waals surface area contributed by atoms with Gasteiger partial charge < -0.3 is 20.1 Å². The number of nitrogens with zero attached hydrogens (tertiary/aromatic N) is 3. The third-order valence-corrected chi connectivity index (χ3v) is 7.82. The van der Waals surface area contributed by atoms with E-state index in [4.69, 9.17) is 4.74 Å². The topological polar surface area (TPSA) is 95.0 Å². The maximum atomic E-state index is 15.1. The van der Waals surface area contributed by atoms with Crippen LogP contribution in [0.2, 0.25) is 0 Å². The molecule has 8 nitrogen and oxygen atoms in total. The van der Waals surface area contributed by atoms with Crippen LogP contribution in [0.25, 0.3) is 11.1 Å². The second-order valence-electron chi connectivity index (χ2n) is 11.3. The van der Waals surface area contributed by atoms with Gasteiger partial charge in [0.1, 0.15) is 18.0 Å². The molecule has 2 aromatic carbocycles. The molecular formula is C32H37FN4O4. The summed E-state index contributed by atoms with van der Waals surface area (Å²) < 4.78 is 21.1. The van der Waals surface area contributed by atoms with Gasteiger partial charge in [0, 0.05) is 57.0 Å². The summed E-state index contributed by atoms with van der Waals surface area (Å²) in [5.74, 6) is 0.241. The highest BCUT2D eigenvalue weighted by Gasteiger charge is 2.30. The first-order chi connectivity index (χ1) is 19.7. The molecule has 3 aromatic rings. The molecule has 5 rings (SSSR count). The van der Waals surface area contributed by atoms with Crippen molar-refractivity contribution in [3.63, 3.8) is 0 Å². The van der Waals surface area contributed by atoms with Gasteiger partial charge in [0.2, 0.25) is 11.8 Å². The molecule has 0 aliphatic carbocycles. The summed E-state index contributed by atoms with van der Waals surface area (Å²) in [6.45, 7) is 8.14. The van der Waals surface area contributed by atoms with Crippen molar-refractivity contribution in [2.75, 3.05) is 26.2 Å². The van der Waals surface area contributed by atoms with Crippen molar-refractivity contribution in [3.8, 4) is 17.0 Å². The van der Waals surface area contributed by atoms with Gasteiger partial charge in [-0.25, -0.2) is 14.2 Å². The number of pyridine rings is 1. The van der Waals surface area contributed by atoms with Gasteiger partial charge in [-0.15, -0.1) is 0 Å². The van der Waals surface area contributed by atoms with Crippen LogP contribution in [0, 0.1) is 5.82 Å². The lowest BCUT2D eigenvalue weighted by atomic mass is 10.00. The minimum Gasteiger partial charge on any atom is -0.472 e. The van der Waals surface area contributed by atoms with Gasteiger partial charge in [0.05, 0.1) is 0 Å². The van der Waals surface area contributed by atoms with Crippen LogP contribution in [-0.2, 0) is 17.8 Å². The van der Waals surface area contributed by atoms with Crippen molar-refractivity contribution in [2.45, 2.75) is 57.7 Å². The molecule has 2 aliphatic heterocycles. The molecule has 0 bridgehead atoms. The molecule has 0 spiro atoms. The highest BCUT2D eigenvalue weighted by Crippen LogP contribution is 2.26. The number of ether oxygens (including phenoxy) is 1. The molecule has 2 aliphatic rings. The highest BCUT2D eigenvalue weighted by molar-refractivity contribution is 5.85. The average Bonchev–Trinajstić information content (AvgIpc) is 3.48. The number of aromatic nitrogens is 1. The first kappa shape index (κ1) is 28.5. The molecule has 41 heavy (non-hydrogen) atoms. The summed E-state index contributed by atoms with van der Waals surface area (Å²) in [5, 5.41) is 11.5. The van der Waals surface area contributed by atoms with E-state index in [1.54, 1.807) is 29.3 Å².